The third kappa shape index (κ3) is 2.59. The highest BCUT2D eigenvalue weighted by Gasteiger charge is 2.11. The van der Waals surface area contributed by atoms with Gasteiger partial charge in [-0.2, -0.15) is 0 Å². The van der Waals surface area contributed by atoms with Crippen molar-refractivity contribution in [3.8, 4) is 11.5 Å². The van der Waals surface area contributed by atoms with Gasteiger partial charge in [0.15, 0.2) is 17.4 Å². The Morgan fingerprint density at radius 2 is 1.56 bits per heavy atom. The minimum Gasteiger partial charge on any atom is -0.451 e. The van der Waals surface area contributed by atoms with E-state index in [4.69, 9.17) is 4.74 Å². The largest absolute Gasteiger partial charge is 0.451 e. The molecule has 0 saturated heterocycles. The number of para-hydroxylation sites is 1. The molecule has 0 bridgehead atoms. The van der Waals surface area contributed by atoms with E-state index in [9.17, 15) is 8.78 Å². The molecule has 0 atom stereocenters. The number of nitrogens with zero attached hydrogens (tertiary/aromatic N) is 1. The lowest BCUT2D eigenvalue weighted by Crippen LogP contribution is -2.08. The second-order valence-corrected chi connectivity index (χ2v) is 4.04. The van der Waals surface area contributed by atoms with E-state index in [0.29, 0.717) is 5.75 Å². The van der Waals surface area contributed by atoms with Gasteiger partial charge in [0, 0.05) is 25.8 Å². The summed E-state index contributed by atoms with van der Waals surface area (Å²) in [7, 11) is 3.76. The highest BCUT2D eigenvalue weighted by molar-refractivity contribution is 5.50. The molecule has 2 aromatic rings. The summed E-state index contributed by atoms with van der Waals surface area (Å²) in [5, 5.41) is 0. The molecule has 18 heavy (non-hydrogen) atoms. The van der Waals surface area contributed by atoms with Crippen molar-refractivity contribution < 1.29 is 13.5 Å². The average Bonchev–Trinajstić information content (AvgIpc) is 2.34. The Hall–Kier alpha value is -2.10. The highest BCUT2D eigenvalue weighted by Crippen LogP contribution is 2.29. The van der Waals surface area contributed by atoms with Crippen LogP contribution in [-0.2, 0) is 0 Å². The van der Waals surface area contributed by atoms with Gasteiger partial charge < -0.3 is 9.64 Å². The maximum absolute atomic E-state index is 13.4. The van der Waals surface area contributed by atoms with Gasteiger partial charge in [-0.05, 0) is 24.3 Å². The van der Waals surface area contributed by atoms with Gasteiger partial charge in [-0.3, -0.25) is 0 Å². The van der Waals surface area contributed by atoms with E-state index in [2.05, 4.69) is 0 Å². The van der Waals surface area contributed by atoms with Crippen LogP contribution in [0.1, 0.15) is 0 Å². The van der Waals surface area contributed by atoms with E-state index in [-0.39, 0.29) is 5.75 Å². The first-order chi connectivity index (χ1) is 8.58. The van der Waals surface area contributed by atoms with E-state index in [1.54, 1.807) is 18.2 Å². The molecule has 0 aromatic heterocycles. The maximum Gasteiger partial charge on any atom is 0.198 e. The summed E-state index contributed by atoms with van der Waals surface area (Å²) in [5.74, 6) is -1.42. The van der Waals surface area contributed by atoms with Crippen LogP contribution in [-0.4, -0.2) is 14.1 Å². The van der Waals surface area contributed by atoms with Gasteiger partial charge in [-0.25, -0.2) is 8.78 Å². The Bertz CT molecular complexity index is 535. The van der Waals surface area contributed by atoms with Crippen molar-refractivity contribution in [3.05, 3.63) is 54.1 Å². The molecule has 2 rings (SSSR count). The smallest absolute Gasteiger partial charge is 0.198 e. The second-order valence-electron chi connectivity index (χ2n) is 4.04. The molecular weight excluding hydrogens is 236 g/mol. The summed E-state index contributed by atoms with van der Waals surface area (Å²) in [6, 6.07) is 10.6. The molecule has 2 nitrogen and oxygen atoms in total. The van der Waals surface area contributed by atoms with E-state index in [1.165, 1.54) is 6.07 Å². The molecule has 0 aliphatic heterocycles. The Labute approximate surface area is 104 Å². The van der Waals surface area contributed by atoms with Gasteiger partial charge in [0.25, 0.3) is 0 Å². The first kappa shape index (κ1) is 12.4. The molecule has 0 radical (unpaired) electrons. The molecule has 0 amide bonds. The summed E-state index contributed by atoms with van der Waals surface area (Å²) in [4.78, 5) is 1.88. The van der Waals surface area contributed by atoms with Crippen molar-refractivity contribution >= 4 is 5.69 Å². The summed E-state index contributed by atoms with van der Waals surface area (Å²) >= 11 is 0. The SMILES string of the molecule is CN(C)c1cccc(Oc2c(F)cccc2F)c1. The first-order valence-electron chi connectivity index (χ1n) is 5.47. The van der Waals surface area contributed by atoms with Crippen molar-refractivity contribution in [2.24, 2.45) is 0 Å². The van der Waals surface area contributed by atoms with Crippen molar-refractivity contribution in [2.75, 3.05) is 19.0 Å². The first-order valence-corrected chi connectivity index (χ1v) is 5.47. The van der Waals surface area contributed by atoms with Crippen LogP contribution in [0.5, 0.6) is 11.5 Å². The van der Waals surface area contributed by atoms with Crippen LogP contribution in [0.25, 0.3) is 0 Å². The molecule has 4 heteroatoms. The van der Waals surface area contributed by atoms with E-state index in [1.807, 2.05) is 25.1 Å². The average molecular weight is 249 g/mol. The minimum atomic E-state index is -0.717. The molecule has 0 N–H and O–H groups in total. The topological polar surface area (TPSA) is 12.5 Å². The van der Waals surface area contributed by atoms with Crippen LogP contribution in [0.3, 0.4) is 0 Å². The lowest BCUT2D eigenvalue weighted by molar-refractivity contribution is 0.407. The predicted molar refractivity (Wildman–Crippen MR) is 67.2 cm³/mol. The molecule has 0 heterocycles. The van der Waals surface area contributed by atoms with Crippen molar-refractivity contribution in [3.63, 3.8) is 0 Å². The monoisotopic (exact) mass is 249 g/mol. The molecule has 2 aromatic carbocycles. The Morgan fingerprint density at radius 3 is 2.17 bits per heavy atom. The van der Waals surface area contributed by atoms with E-state index < -0.39 is 11.6 Å². The zero-order valence-electron chi connectivity index (χ0n) is 10.2. The maximum atomic E-state index is 13.4. The van der Waals surface area contributed by atoms with Gasteiger partial charge in [-0.15, -0.1) is 0 Å². The van der Waals surface area contributed by atoms with E-state index >= 15 is 0 Å². The Morgan fingerprint density at radius 1 is 0.944 bits per heavy atom. The molecule has 0 aliphatic carbocycles. The van der Waals surface area contributed by atoms with Gasteiger partial charge >= 0.3 is 0 Å². The lowest BCUT2D eigenvalue weighted by Gasteiger charge is -2.14. The molecule has 0 spiro atoms. The third-order valence-electron chi connectivity index (χ3n) is 2.47. The standard InChI is InChI=1S/C14H13F2NO/c1-17(2)10-5-3-6-11(9-10)18-14-12(15)7-4-8-13(14)16/h3-9H,1-2H3. The zero-order chi connectivity index (χ0) is 13.1. The fraction of sp³-hybridized carbons (Fsp3) is 0.143. The number of benzene rings is 2. The second kappa shape index (κ2) is 5.04. The van der Waals surface area contributed by atoms with Crippen LogP contribution >= 0.6 is 0 Å². The molecule has 0 aliphatic rings. The molecular formula is C14H13F2NO. The fourth-order valence-corrected chi connectivity index (χ4v) is 1.52. The van der Waals surface area contributed by atoms with E-state index in [0.717, 1.165) is 17.8 Å². The number of hydrogen-bond acceptors (Lipinski definition) is 2. The molecule has 0 unspecified atom stereocenters. The number of anilines is 1. The predicted octanol–water partition coefficient (Wildman–Crippen LogP) is 3.82. The summed E-state index contributed by atoms with van der Waals surface area (Å²) in [6.07, 6.45) is 0. The van der Waals surface area contributed by atoms with Crippen molar-refractivity contribution in [1.29, 1.82) is 0 Å². The Balaban J connectivity index is 2.31. The number of hydrogen-bond donors (Lipinski definition) is 0. The van der Waals surface area contributed by atoms with Crippen molar-refractivity contribution in [2.45, 2.75) is 0 Å². The number of rotatable bonds is 3. The van der Waals surface area contributed by atoms with Crippen LogP contribution in [0.4, 0.5) is 14.5 Å². The van der Waals surface area contributed by atoms with Crippen LogP contribution < -0.4 is 9.64 Å². The summed E-state index contributed by atoms with van der Waals surface area (Å²) in [5.41, 5.74) is 0.893. The zero-order valence-corrected chi connectivity index (χ0v) is 10.2. The summed E-state index contributed by atoms with van der Waals surface area (Å²) in [6.45, 7) is 0. The normalized spacial score (nSPS) is 10.2. The van der Waals surface area contributed by atoms with Gasteiger partial charge in [0.2, 0.25) is 0 Å². The van der Waals surface area contributed by atoms with Crippen molar-refractivity contribution in [1.82, 2.24) is 0 Å². The van der Waals surface area contributed by atoms with Gasteiger partial charge in [0.05, 0.1) is 0 Å². The van der Waals surface area contributed by atoms with Crippen LogP contribution in [0, 0.1) is 11.6 Å². The molecule has 0 fully saturated rings. The molecule has 0 saturated carbocycles. The molecule has 94 valence electrons. The summed E-state index contributed by atoms with van der Waals surface area (Å²) < 4.78 is 32.1. The third-order valence-corrected chi connectivity index (χ3v) is 2.47. The lowest BCUT2D eigenvalue weighted by atomic mass is 10.2. The van der Waals surface area contributed by atoms with Gasteiger partial charge in [-0.1, -0.05) is 12.1 Å². The Kier molecular flexibility index (Phi) is 3.46. The quantitative estimate of drug-likeness (QED) is 0.819. The van der Waals surface area contributed by atoms with Crippen LogP contribution in [0.15, 0.2) is 42.5 Å². The minimum absolute atomic E-state index is 0.381. The number of ether oxygens (including phenoxy) is 1. The highest BCUT2D eigenvalue weighted by atomic mass is 19.1. The van der Waals surface area contributed by atoms with Gasteiger partial charge in [0.1, 0.15) is 5.75 Å². The fourth-order valence-electron chi connectivity index (χ4n) is 1.52. The number of halogens is 2. The van der Waals surface area contributed by atoms with Crippen LogP contribution in [0.2, 0.25) is 0 Å².